The van der Waals surface area contributed by atoms with Crippen LogP contribution in [0.15, 0.2) is 0 Å². The van der Waals surface area contributed by atoms with Crippen LogP contribution in [0.5, 0.6) is 0 Å². The first-order valence-electron chi connectivity index (χ1n) is 14.6. The van der Waals surface area contributed by atoms with Crippen LogP contribution in [0.3, 0.4) is 0 Å². The number of carbonyl (C=O) groups excluding carboxylic acids is 3. The second-order valence-corrected chi connectivity index (χ2v) is 9.68. The van der Waals surface area contributed by atoms with Gasteiger partial charge < -0.3 is 30.5 Å². The summed E-state index contributed by atoms with van der Waals surface area (Å²) in [7, 11) is 1.53. The smallest absolute Gasteiger partial charge is 0.326 e. The van der Waals surface area contributed by atoms with Gasteiger partial charge >= 0.3 is 5.97 Å². The molecule has 0 saturated heterocycles. The van der Waals surface area contributed by atoms with Crippen LogP contribution in [0.1, 0.15) is 110 Å². The lowest BCUT2D eigenvalue weighted by Crippen LogP contribution is -2.41. The highest BCUT2D eigenvalue weighted by Gasteiger charge is 2.20. The van der Waals surface area contributed by atoms with Crippen LogP contribution in [-0.2, 0) is 28.7 Å². The third-order valence-electron chi connectivity index (χ3n) is 6.25. The van der Waals surface area contributed by atoms with Crippen LogP contribution in [0, 0.1) is 0 Å². The maximum Gasteiger partial charge on any atom is 0.326 e. The van der Waals surface area contributed by atoms with Gasteiger partial charge in [0.1, 0.15) is 12.6 Å². The predicted octanol–water partition coefficient (Wildman–Crippen LogP) is 3.71. The maximum absolute atomic E-state index is 12.2. The van der Waals surface area contributed by atoms with Crippen molar-refractivity contribution in [2.75, 3.05) is 40.0 Å². The van der Waals surface area contributed by atoms with Crippen molar-refractivity contribution in [1.82, 2.24) is 16.0 Å². The van der Waals surface area contributed by atoms with Crippen molar-refractivity contribution in [2.45, 2.75) is 116 Å². The lowest BCUT2D eigenvalue weighted by atomic mass is 10.0. The molecular weight excluding hydrogens is 490 g/mol. The van der Waals surface area contributed by atoms with Gasteiger partial charge in [0.25, 0.3) is 0 Å². The summed E-state index contributed by atoms with van der Waals surface area (Å²) in [5.41, 5.74) is 0. The van der Waals surface area contributed by atoms with Crippen LogP contribution < -0.4 is 16.0 Å². The normalized spacial score (nSPS) is 11.6. The number of unbranched alkanes of at least 4 members (excludes halogenated alkanes) is 12. The van der Waals surface area contributed by atoms with Gasteiger partial charge in [0, 0.05) is 26.4 Å². The van der Waals surface area contributed by atoms with Gasteiger partial charge in [0.2, 0.25) is 17.7 Å². The fourth-order valence-electron chi connectivity index (χ4n) is 3.91. The Morgan fingerprint density at radius 1 is 0.684 bits per heavy atom. The van der Waals surface area contributed by atoms with Crippen LogP contribution in [0.4, 0.5) is 0 Å². The Labute approximate surface area is 229 Å². The molecule has 0 spiro atoms. The zero-order chi connectivity index (χ0) is 28.3. The van der Waals surface area contributed by atoms with Gasteiger partial charge in [-0.2, -0.15) is 0 Å². The van der Waals surface area contributed by atoms with Crippen molar-refractivity contribution in [3.05, 3.63) is 0 Å². The number of aliphatic carboxylic acids is 1. The monoisotopic (exact) mass is 543 g/mol. The number of nitrogens with one attached hydrogen (secondary N) is 3. The van der Waals surface area contributed by atoms with E-state index in [0.717, 1.165) is 19.3 Å². The zero-order valence-corrected chi connectivity index (χ0v) is 23.8. The van der Waals surface area contributed by atoms with Crippen molar-refractivity contribution >= 4 is 23.7 Å². The van der Waals surface area contributed by atoms with Gasteiger partial charge in [-0.15, -0.1) is 0 Å². The molecule has 38 heavy (non-hydrogen) atoms. The van der Waals surface area contributed by atoms with E-state index in [9.17, 15) is 24.3 Å². The highest BCUT2D eigenvalue weighted by Crippen LogP contribution is 2.13. The molecule has 10 heteroatoms. The standard InChI is InChI=1S/C28H53N3O7/c1-3-4-5-6-7-8-9-10-11-12-13-14-15-16-26(33)31-24(28(35)36)17-18-25(32)30-19-20-37-21-22-38-23-27(34)29-2/h24H,3-23H2,1-2H3,(H,29,34)(H,30,32)(H,31,33)(H,35,36)/t24-/m0/s1. The molecule has 10 nitrogen and oxygen atoms in total. The molecule has 0 aliphatic carbocycles. The van der Waals surface area contributed by atoms with Gasteiger partial charge in [0.15, 0.2) is 0 Å². The molecule has 0 bridgehead atoms. The summed E-state index contributed by atoms with van der Waals surface area (Å²) in [5.74, 6) is -1.95. The summed E-state index contributed by atoms with van der Waals surface area (Å²) in [4.78, 5) is 46.6. The maximum atomic E-state index is 12.2. The molecule has 0 radical (unpaired) electrons. The lowest BCUT2D eigenvalue weighted by Gasteiger charge is -2.14. The van der Waals surface area contributed by atoms with Crippen LogP contribution >= 0.6 is 0 Å². The van der Waals surface area contributed by atoms with Crippen LogP contribution in [0.2, 0.25) is 0 Å². The molecule has 4 N–H and O–H groups in total. The number of ether oxygens (including phenoxy) is 2. The summed E-state index contributed by atoms with van der Waals surface area (Å²) >= 11 is 0. The molecule has 0 aliphatic heterocycles. The first-order chi connectivity index (χ1) is 18.4. The lowest BCUT2D eigenvalue weighted by molar-refractivity contribution is -0.142. The molecule has 0 aromatic heterocycles. The topological polar surface area (TPSA) is 143 Å². The number of carboxylic acids is 1. The SMILES string of the molecule is CCCCCCCCCCCCCCCC(=O)N[C@@H](CCC(=O)NCCOCCOCC(=O)NC)C(=O)O. The number of likely N-dealkylation sites (N-methyl/N-ethyl adjacent to an activating group) is 1. The molecule has 0 saturated carbocycles. The molecule has 0 rings (SSSR count). The largest absolute Gasteiger partial charge is 0.480 e. The van der Waals surface area contributed by atoms with Gasteiger partial charge in [-0.1, -0.05) is 84.0 Å². The van der Waals surface area contributed by atoms with E-state index in [1.165, 1.54) is 71.3 Å². The van der Waals surface area contributed by atoms with E-state index in [-0.39, 0.29) is 56.9 Å². The average molecular weight is 544 g/mol. The molecule has 3 amide bonds. The number of amides is 3. The second kappa shape index (κ2) is 26.4. The number of rotatable bonds is 27. The molecule has 0 aromatic carbocycles. The first kappa shape index (κ1) is 35.8. The molecule has 0 unspecified atom stereocenters. The molecule has 1 atom stereocenters. The Hall–Kier alpha value is -2.20. The third-order valence-corrected chi connectivity index (χ3v) is 6.25. The Kier molecular flexibility index (Phi) is 24.9. The van der Waals surface area contributed by atoms with E-state index in [1.807, 2.05) is 0 Å². The quantitative estimate of drug-likeness (QED) is 0.116. The Morgan fingerprint density at radius 2 is 1.24 bits per heavy atom. The van der Waals surface area contributed by atoms with E-state index in [4.69, 9.17) is 9.47 Å². The van der Waals surface area contributed by atoms with E-state index >= 15 is 0 Å². The van der Waals surface area contributed by atoms with Crippen LogP contribution in [-0.4, -0.2) is 74.9 Å². The van der Waals surface area contributed by atoms with E-state index < -0.39 is 12.0 Å². The summed E-state index contributed by atoms with van der Waals surface area (Å²) in [6.07, 6.45) is 16.2. The second-order valence-electron chi connectivity index (χ2n) is 9.68. The van der Waals surface area contributed by atoms with Gasteiger partial charge in [-0.25, -0.2) is 4.79 Å². The Bertz CT molecular complexity index is 632. The summed E-state index contributed by atoms with van der Waals surface area (Å²) in [5, 5.41) is 17.0. The van der Waals surface area contributed by atoms with Crippen molar-refractivity contribution in [1.29, 1.82) is 0 Å². The highest BCUT2D eigenvalue weighted by molar-refractivity contribution is 5.84. The molecule has 0 aliphatic rings. The third kappa shape index (κ3) is 24.2. The number of carboxylic acid groups (broad SMARTS) is 1. The summed E-state index contributed by atoms with van der Waals surface area (Å²) < 4.78 is 10.4. The van der Waals surface area contributed by atoms with Gasteiger partial charge in [0.05, 0.1) is 19.8 Å². The fraction of sp³-hybridized carbons (Fsp3) is 0.857. The van der Waals surface area contributed by atoms with E-state index in [2.05, 4.69) is 22.9 Å². The molecule has 222 valence electrons. The van der Waals surface area contributed by atoms with Gasteiger partial charge in [-0.05, 0) is 12.8 Å². The minimum atomic E-state index is -1.14. The van der Waals surface area contributed by atoms with Crippen molar-refractivity contribution in [2.24, 2.45) is 0 Å². The zero-order valence-electron chi connectivity index (χ0n) is 23.8. The van der Waals surface area contributed by atoms with E-state index in [1.54, 1.807) is 0 Å². The van der Waals surface area contributed by atoms with Crippen molar-refractivity contribution < 1.29 is 33.8 Å². The minimum absolute atomic E-state index is 0.00870. The van der Waals surface area contributed by atoms with Gasteiger partial charge in [-0.3, -0.25) is 14.4 Å². The van der Waals surface area contributed by atoms with Crippen molar-refractivity contribution in [3.8, 4) is 0 Å². The predicted molar refractivity (Wildman–Crippen MR) is 148 cm³/mol. The summed E-state index contributed by atoms with van der Waals surface area (Å²) in [6, 6.07) is -1.08. The summed E-state index contributed by atoms with van der Waals surface area (Å²) in [6.45, 7) is 3.31. The van der Waals surface area contributed by atoms with Crippen molar-refractivity contribution in [3.63, 3.8) is 0 Å². The molecule has 0 fully saturated rings. The number of hydrogen-bond donors (Lipinski definition) is 4. The number of hydrogen-bond acceptors (Lipinski definition) is 6. The minimum Gasteiger partial charge on any atom is -0.480 e. The first-order valence-corrected chi connectivity index (χ1v) is 14.6. The molecule has 0 aromatic rings. The Morgan fingerprint density at radius 3 is 1.79 bits per heavy atom. The fourth-order valence-corrected chi connectivity index (χ4v) is 3.91. The van der Waals surface area contributed by atoms with Crippen LogP contribution in [0.25, 0.3) is 0 Å². The Balaban J connectivity index is 3.73. The average Bonchev–Trinajstić information content (AvgIpc) is 2.90. The molecule has 0 heterocycles. The number of carbonyl (C=O) groups is 4. The molecular formula is C28H53N3O7. The van der Waals surface area contributed by atoms with E-state index in [0.29, 0.717) is 13.0 Å². The highest BCUT2D eigenvalue weighted by atomic mass is 16.5.